The number of carbonyl (C=O) groups is 3. The molecule has 1 fully saturated rings. The van der Waals surface area contributed by atoms with Gasteiger partial charge in [0.2, 0.25) is 0 Å². The Morgan fingerprint density at radius 1 is 0.673 bits per heavy atom. The summed E-state index contributed by atoms with van der Waals surface area (Å²) in [5, 5.41) is 1.04. The number of hydrogen-bond acceptors (Lipinski definition) is 8. The highest BCUT2D eigenvalue weighted by atomic mass is 32.1. The van der Waals surface area contributed by atoms with E-state index in [2.05, 4.69) is 17.0 Å². The zero-order valence-corrected chi connectivity index (χ0v) is 29.8. The van der Waals surface area contributed by atoms with Gasteiger partial charge in [0.1, 0.15) is 12.4 Å². The van der Waals surface area contributed by atoms with Crippen molar-refractivity contribution in [2.24, 2.45) is 0 Å². The minimum Gasteiger partial charge on any atom is -0.492 e. The Kier molecular flexibility index (Phi) is 10.9. The van der Waals surface area contributed by atoms with E-state index in [0.29, 0.717) is 29.7 Å². The number of fused-ring (bicyclic) bond motifs is 1. The lowest BCUT2D eigenvalue weighted by atomic mass is 9.98. The number of rotatable bonds is 12. The third-order valence-corrected chi connectivity index (χ3v) is 10.5. The molecule has 0 N–H and O–H groups in total. The van der Waals surface area contributed by atoms with Crippen LogP contribution in [0.4, 0.5) is 0 Å². The standard InChI is InChI=1S/C44H39NO6S/c1-30(46)34-17-21-37-38(27-31-15-19-36(20-16-31)49-26-25-45-23-9-4-10-24-45)42(52-41(37)29-34)35-18-22-39(50-43(47)32-11-5-2-6-12-32)40(28-35)51-44(48)33-13-7-3-8-14-33/h2-3,5-8,11-22,28-29H,4,9-10,23-27H2,1H3. The fourth-order valence-electron chi connectivity index (χ4n) is 6.44. The predicted molar refractivity (Wildman–Crippen MR) is 205 cm³/mol. The smallest absolute Gasteiger partial charge is 0.343 e. The first-order valence-electron chi connectivity index (χ1n) is 17.6. The van der Waals surface area contributed by atoms with Gasteiger partial charge in [0, 0.05) is 21.7 Å². The van der Waals surface area contributed by atoms with Crippen LogP contribution in [0.15, 0.2) is 121 Å². The summed E-state index contributed by atoms with van der Waals surface area (Å²) in [6.07, 6.45) is 4.45. The molecule has 1 aliphatic rings. The number of carbonyl (C=O) groups excluding carboxylic acids is 3. The maximum atomic E-state index is 13.3. The van der Waals surface area contributed by atoms with E-state index in [9.17, 15) is 14.4 Å². The molecule has 7 rings (SSSR count). The van der Waals surface area contributed by atoms with Crippen molar-refractivity contribution < 1.29 is 28.6 Å². The molecule has 2 heterocycles. The lowest BCUT2D eigenvalue weighted by molar-refractivity contribution is 0.0682. The highest BCUT2D eigenvalue weighted by Crippen LogP contribution is 2.43. The van der Waals surface area contributed by atoms with E-state index in [1.165, 1.54) is 19.3 Å². The Morgan fingerprint density at radius 2 is 1.33 bits per heavy atom. The van der Waals surface area contributed by atoms with Crippen molar-refractivity contribution in [3.63, 3.8) is 0 Å². The number of Topliss-reactive ketones (excluding diaryl/α,β-unsaturated/α-hetero) is 1. The summed E-state index contributed by atoms with van der Waals surface area (Å²) >= 11 is 1.57. The zero-order chi connectivity index (χ0) is 35.9. The maximum absolute atomic E-state index is 13.3. The Balaban J connectivity index is 1.21. The molecule has 0 spiro atoms. The Morgan fingerprint density at radius 3 is 1.98 bits per heavy atom. The summed E-state index contributed by atoms with van der Waals surface area (Å²) in [4.78, 5) is 42.1. The summed E-state index contributed by atoms with van der Waals surface area (Å²) in [5.41, 5.74) is 4.34. The van der Waals surface area contributed by atoms with Gasteiger partial charge in [0.15, 0.2) is 17.3 Å². The summed E-state index contributed by atoms with van der Waals surface area (Å²) in [5.74, 6) is -0.0604. The van der Waals surface area contributed by atoms with Crippen molar-refractivity contribution >= 4 is 39.1 Å². The van der Waals surface area contributed by atoms with Crippen LogP contribution in [-0.2, 0) is 6.42 Å². The maximum Gasteiger partial charge on any atom is 0.343 e. The molecule has 0 aliphatic carbocycles. The first-order chi connectivity index (χ1) is 25.4. The van der Waals surface area contributed by atoms with Gasteiger partial charge in [-0.1, -0.05) is 67.1 Å². The second kappa shape index (κ2) is 16.2. The van der Waals surface area contributed by atoms with E-state index in [-0.39, 0.29) is 17.3 Å². The first-order valence-corrected chi connectivity index (χ1v) is 18.4. The molecule has 5 aromatic carbocycles. The molecular weight excluding hydrogens is 671 g/mol. The second-order valence-electron chi connectivity index (χ2n) is 12.9. The quantitative estimate of drug-likeness (QED) is 0.0711. The number of esters is 2. The number of piperidine rings is 1. The molecule has 7 nitrogen and oxygen atoms in total. The summed E-state index contributed by atoms with van der Waals surface area (Å²) in [7, 11) is 0. The molecule has 52 heavy (non-hydrogen) atoms. The summed E-state index contributed by atoms with van der Waals surface area (Å²) in [6.45, 7) is 5.44. The van der Waals surface area contributed by atoms with Crippen LogP contribution in [0.3, 0.4) is 0 Å². The van der Waals surface area contributed by atoms with Crippen molar-refractivity contribution in [2.45, 2.75) is 32.6 Å². The monoisotopic (exact) mass is 709 g/mol. The van der Waals surface area contributed by atoms with Gasteiger partial charge < -0.3 is 14.2 Å². The number of nitrogens with zero attached hydrogens (tertiary/aromatic N) is 1. The molecule has 0 amide bonds. The first kappa shape index (κ1) is 34.9. The molecule has 262 valence electrons. The molecule has 0 bridgehead atoms. The normalized spacial score (nSPS) is 13.1. The Labute approximate surface area is 307 Å². The molecular formula is C44H39NO6S. The van der Waals surface area contributed by atoms with Crippen molar-refractivity contribution in [3.05, 3.63) is 149 Å². The van der Waals surface area contributed by atoms with Crippen molar-refractivity contribution in [3.8, 4) is 27.7 Å². The molecule has 0 saturated carbocycles. The van der Waals surface area contributed by atoms with Crippen LogP contribution in [0.1, 0.15) is 68.4 Å². The highest BCUT2D eigenvalue weighted by molar-refractivity contribution is 7.22. The molecule has 1 aromatic heterocycles. The average Bonchev–Trinajstić information content (AvgIpc) is 3.54. The van der Waals surface area contributed by atoms with Crippen LogP contribution >= 0.6 is 11.3 Å². The number of likely N-dealkylation sites (tertiary alicyclic amines) is 1. The van der Waals surface area contributed by atoms with Crippen molar-refractivity contribution in [2.75, 3.05) is 26.2 Å². The second-order valence-corrected chi connectivity index (χ2v) is 14.0. The lowest BCUT2D eigenvalue weighted by Crippen LogP contribution is -2.33. The summed E-state index contributed by atoms with van der Waals surface area (Å²) < 4.78 is 18.8. The van der Waals surface area contributed by atoms with Crippen LogP contribution < -0.4 is 14.2 Å². The zero-order valence-electron chi connectivity index (χ0n) is 29.0. The van der Waals surface area contributed by atoms with E-state index in [4.69, 9.17) is 14.2 Å². The summed E-state index contributed by atoms with van der Waals surface area (Å²) in [6, 6.07) is 36.6. The Hall–Kier alpha value is -5.57. The van der Waals surface area contributed by atoms with Gasteiger partial charge in [0.05, 0.1) is 11.1 Å². The van der Waals surface area contributed by atoms with E-state index in [1.54, 1.807) is 78.9 Å². The van der Waals surface area contributed by atoms with Crippen LogP contribution in [0.2, 0.25) is 0 Å². The lowest BCUT2D eigenvalue weighted by Gasteiger charge is -2.26. The van der Waals surface area contributed by atoms with Gasteiger partial charge >= 0.3 is 11.9 Å². The molecule has 0 atom stereocenters. The van der Waals surface area contributed by atoms with Crippen molar-refractivity contribution in [1.29, 1.82) is 0 Å². The van der Waals surface area contributed by atoms with E-state index in [1.807, 2.05) is 48.5 Å². The van der Waals surface area contributed by atoms with E-state index >= 15 is 0 Å². The van der Waals surface area contributed by atoms with Crippen molar-refractivity contribution in [1.82, 2.24) is 4.90 Å². The van der Waals surface area contributed by atoms with Gasteiger partial charge in [-0.3, -0.25) is 9.69 Å². The van der Waals surface area contributed by atoms with Gasteiger partial charge in [-0.05, 0) is 122 Å². The Bertz CT molecular complexity index is 2190. The molecule has 1 saturated heterocycles. The number of ether oxygens (including phenoxy) is 3. The number of benzene rings is 5. The third-order valence-electron chi connectivity index (χ3n) is 9.26. The molecule has 6 aromatic rings. The van der Waals surface area contributed by atoms with Gasteiger partial charge in [-0.25, -0.2) is 9.59 Å². The minimum atomic E-state index is -0.573. The SMILES string of the molecule is CC(=O)c1ccc2c(Cc3ccc(OCCN4CCCCC4)cc3)c(-c3ccc(OC(=O)c4ccccc4)c(OC(=O)c4ccccc4)c3)sc2c1. The van der Waals surface area contributed by atoms with Crippen LogP contribution in [0.25, 0.3) is 20.5 Å². The minimum absolute atomic E-state index is 0.00558. The topological polar surface area (TPSA) is 82.1 Å². The largest absolute Gasteiger partial charge is 0.492 e. The van der Waals surface area contributed by atoms with Gasteiger partial charge in [-0.2, -0.15) is 0 Å². The number of hydrogen-bond donors (Lipinski definition) is 0. The van der Waals surface area contributed by atoms with Crippen LogP contribution in [0, 0.1) is 0 Å². The predicted octanol–water partition coefficient (Wildman–Crippen LogP) is 9.66. The molecule has 1 aliphatic heterocycles. The van der Waals surface area contributed by atoms with E-state index in [0.717, 1.165) is 57.0 Å². The fraction of sp³-hybridized carbons (Fsp3) is 0.205. The molecule has 0 radical (unpaired) electrons. The van der Waals surface area contributed by atoms with Gasteiger partial charge in [0.25, 0.3) is 0 Å². The highest BCUT2D eigenvalue weighted by Gasteiger charge is 2.21. The van der Waals surface area contributed by atoms with E-state index < -0.39 is 11.9 Å². The molecule has 0 unspecified atom stereocenters. The van der Waals surface area contributed by atoms with Gasteiger partial charge in [-0.15, -0.1) is 11.3 Å². The molecule has 8 heteroatoms. The average molecular weight is 710 g/mol. The van der Waals surface area contributed by atoms with Crippen LogP contribution in [-0.4, -0.2) is 48.9 Å². The fourth-order valence-corrected chi connectivity index (χ4v) is 7.70. The van der Waals surface area contributed by atoms with Crippen LogP contribution in [0.5, 0.6) is 17.2 Å². The number of ketones is 1. The number of thiophene rings is 1. The third kappa shape index (κ3) is 8.31.